The number of aryl methyl sites for hydroxylation is 1. The first kappa shape index (κ1) is 13.5. The van der Waals surface area contributed by atoms with Gasteiger partial charge in [-0.2, -0.15) is 5.10 Å². The number of rotatable bonds is 3. The molecule has 0 amide bonds. The maximum atomic E-state index is 12.1. The van der Waals surface area contributed by atoms with Crippen LogP contribution in [0.4, 0.5) is 0 Å². The van der Waals surface area contributed by atoms with Crippen LogP contribution in [-0.4, -0.2) is 15.6 Å². The molecule has 2 aromatic rings. The summed E-state index contributed by atoms with van der Waals surface area (Å²) in [6.07, 6.45) is 0. The van der Waals surface area contributed by atoms with Crippen molar-refractivity contribution in [3.63, 3.8) is 0 Å². The first-order valence-electron chi connectivity index (χ1n) is 5.47. The van der Waals surface area contributed by atoms with E-state index >= 15 is 0 Å². The molecule has 0 radical (unpaired) electrons. The van der Waals surface area contributed by atoms with Crippen LogP contribution in [0.25, 0.3) is 0 Å². The molecule has 0 atom stereocenters. The van der Waals surface area contributed by atoms with Crippen LogP contribution >= 0.6 is 31.9 Å². The molecule has 1 heterocycles. The van der Waals surface area contributed by atoms with Crippen LogP contribution in [0.1, 0.15) is 21.7 Å². The number of ketones is 1. The molecular formula is C13H12Br2N2O. The van der Waals surface area contributed by atoms with Gasteiger partial charge in [-0.1, -0.05) is 28.1 Å². The highest BCUT2D eigenvalue weighted by Crippen LogP contribution is 2.20. The van der Waals surface area contributed by atoms with Gasteiger partial charge in [-0.3, -0.25) is 9.48 Å². The molecule has 0 N–H and O–H groups in total. The molecule has 5 heteroatoms. The van der Waals surface area contributed by atoms with Crippen molar-refractivity contribution >= 4 is 37.6 Å². The second-order valence-corrected chi connectivity index (χ2v) is 5.78. The summed E-state index contributed by atoms with van der Waals surface area (Å²) in [4.78, 5) is 12.1. The van der Waals surface area contributed by atoms with Crippen LogP contribution in [0.5, 0.6) is 0 Å². The van der Waals surface area contributed by atoms with Crippen LogP contribution in [0.15, 0.2) is 33.2 Å². The van der Waals surface area contributed by atoms with Gasteiger partial charge in [0, 0.05) is 10.0 Å². The monoisotopic (exact) mass is 370 g/mol. The summed E-state index contributed by atoms with van der Waals surface area (Å²) in [5.74, 6) is 0.0504. The van der Waals surface area contributed by atoms with E-state index in [2.05, 4.69) is 37.0 Å². The molecule has 1 aromatic carbocycles. The number of hydrogen-bond acceptors (Lipinski definition) is 2. The molecule has 0 unspecified atom stereocenters. The van der Waals surface area contributed by atoms with E-state index in [4.69, 9.17) is 0 Å². The van der Waals surface area contributed by atoms with Crippen molar-refractivity contribution in [2.24, 2.45) is 0 Å². The minimum atomic E-state index is 0.0504. The van der Waals surface area contributed by atoms with E-state index in [1.165, 1.54) is 0 Å². The fourth-order valence-corrected chi connectivity index (χ4v) is 2.40. The zero-order chi connectivity index (χ0) is 13.3. The highest BCUT2D eigenvalue weighted by atomic mass is 79.9. The van der Waals surface area contributed by atoms with Gasteiger partial charge in [-0.25, -0.2) is 0 Å². The van der Waals surface area contributed by atoms with Crippen molar-refractivity contribution in [1.82, 2.24) is 9.78 Å². The summed E-state index contributed by atoms with van der Waals surface area (Å²) in [6.45, 7) is 4.12. The minimum Gasteiger partial charge on any atom is -0.292 e. The molecule has 0 aliphatic rings. The molecule has 0 aliphatic heterocycles. The molecule has 0 saturated heterocycles. The van der Waals surface area contributed by atoms with Gasteiger partial charge in [0.25, 0.3) is 0 Å². The number of nitrogens with zero attached hydrogens (tertiary/aromatic N) is 2. The van der Waals surface area contributed by atoms with Gasteiger partial charge >= 0.3 is 0 Å². The highest BCUT2D eigenvalue weighted by Gasteiger charge is 2.13. The third-order valence-electron chi connectivity index (χ3n) is 2.73. The standard InChI is InChI=1S/C13H12Br2N2O/c1-8-13(15)9(2)17(16-8)7-12(18)10-4-3-5-11(14)6-10/h3-6H,7H2,1-2H3. The van der Waals surface area contributed by atoms with Gasteiger partial charge in [-0.05, 0) is 41.9 Å². The first-order chi connectivity index (χ1) is 8.49. The fraction of sp³-hybridized carbons (Fsp3) is 0.231. The summed E-state index contributed by atoms with van der Waals surface area (Å²) in [6, 6.07) is 7.39. The predicted octanol–water partition coefficient (Wildman–Crippen LogP) is 3.91. The Balaban J connectivity index is 2.24. The molecule has 1 aromatic heterocycles. The van der Waals surface area contributed by atoms with Gasteiger partial charge in [-0.15, -0.1) is 0 Å². The quantitative estimate of drug-likeness (QED) is 0.766. The maximum absolute atomic E-state index is 12.1. The number of halogens is 2. The van der Waals surface area contributed by atoms with Crippen molar-refractivity contribution < 1.29 is 4.79 Å². The maximum Gasteiger partial charge on any atom is 0.184 e. The Morgan fingerprint density at radius 2 is 2.06 bits per heavy atom. The molecule has 0 fully saturated rings. The summed E-state index contributed by atoms with van der Waals surface area (Å²) in [5.41, 5.74) is 2.55. The average Bonchev–Trinajstić information content (AvgIpc) is 2.57. The summed E-state index contributed by atoms with van der Waals surface area (Å²) in [7, 11) is 0. The molecule has 3 nitrogen and oxygen atoms in total. The Labute approximate surface area is 122 Å². The number of carbonyl (C=O) groups excluding carboxylic acids is 1. The molecule has 0 bridgehead atoms. The lowest BCUT2D eigenvalue weighted by Gasteiger charge is -2.04. The predicted molar refractivity (Wildman–Crippen MR) is 77.9 cm³/mol. The third kappa shape index (κ3) is 2.72. The van der Waals surface area contributed by atoms with Crippen LogP contribution in [0, 0.1) is 13.8 Å². The van der Waals surface area contributed by atoms with E-state index in [1.807, 2.05) is 38.1 Å². The average molecular weight is 372 g/mol. The Bertz CT molecular complexity index is 605. The Kier molecular flexibility index (Phi) is 4.02. The lowest BCUT2D eigenvalue weighted by molar-refractivity contribution is 0.0966. The second kappa shape index (κ2) is 5.36. The molecule has 2 rings (SSSR count). The molecule has 94 valence electrons. The summed E-state index contributed by atoms with van der Waals surface area (Å²) < 4.78 is 3.59. The Morgan fingerprint density at radius 1 is 1.33 bits per heavy atom. The smallest absolute Gasteiger partial charge is 0.184 e. The first-order valence-corrected chi connectivity index (χ1v) is 7.06. The topological polar surface area (TPSA) is 34.9 Å². The number of benzene rings is 1. The second-order valence-electron chi connectivity index (χ2n) is 4.08. The number of Topliss-reactive ketones (excluding diaryl/α,β-unsaturated/α-hetero) is 1. The Hall–Kier alpha value is -0.940. The van der Waals surface area contributed by atoms with Gasteiger partial charge < -0.3 is 0 Å². The van der Waals surface area contributed by atoms with Crippen molar-refractivity contribution in [1.29, 1.82) is 0 Å². The van der Waals surface area contributed by atoms with Crippen molar-refractivity contribution in [3.8, 4) is 0 Å². The minimum absolute atomic E-state index is 0.0504. The van der Waals surface area contributed by atoms with Gasteiger partial charge in [0.15, 0.2) is 5.78 Å². The van der Waals surface area contributed by atoms with Gasteiger partial charge in [0.2, 0.25) is 0 Å². The van der Waals surface area contributed by atoms with Gasteiger partial charge in [0.05, 0.1) is 15.9 Å². The largest absolute Gasteiger partial charge is 0.292 e. The summed E-state index contributed by atoms with van der Waals surface area (Å²) in [5, 5.41) is 4.33. The number of hydrogen-bond donors (Lipinski definition) is 0. The van der Waals surface area contributed by atoms with Crippen molar-refractivity contribution in [3.05, 3.63) is 50.2 Å². The van der Waals surface area contributed by atoms with Gasteiger partial charge in [0.1, 0.15) is 6.54 Å². The van der Waals surface area contributed by atoms with E-state index in [0.717, 1.165) is 20.3 Å². The van der Waals surface area contributed by atoms with E-state index in [-0.39, 0.29) is 12.3 Å². The van der Waals surface area contributed by atoms with Crippen LogP contribution < -0.4 is 0 Å². The normalized spacial score (nSPS) is 10.7. The lowest BCUT2D eigenvalue weighted by Crippen LogP contribution is -2.13. The third-order valence-corrected chi connectivity index (χ3v) is 4.37. The zero-order valence-corrected chi connectivity index (χ0v) is 13.2. The Morgan fingerprint density at radius 3 is 2.61 bits per heavy atom. The van der Waals surface area contributed by atoms with Crippen LogP contribution in [-0.2, 0) is 6.54 Å². The van der Waals surface area contributed by atoms with Crippen LogP contribution in [0.3, 0.4) is 0 Å². The molecule has 0 saturated carbocycles. The number of carbonyl (C=O) groups is 1. The fourth-order valence-electron chi connectivity index (χ4n) is 1.72. The lowest BCUT2D eigenvalue weighted by atomic mass is 10.1. The summed E-state index contributed by atoms with van der Waals surface area (Å²) >= 11 is 6.82. The zero-order valence-electron chi connectivity index (χ0n) is 10.1. The highest BCUT2D eigenvalue weighted by molar-refractivity contribution is 9.10. The van der Waals surface area contributed by atoms with Crippen molar-refractivity contribution in [2.45, 2.75) is 20.4 Å². The molecule has 0 aliphatic carbocycles. The number of aromatic nitrogens is 2. The van der Waals surface area contributed by atoms with Crippen molar-refractivity contribution in [2.75, 3.05) is 0 Å². The van der Waals surface area contributed by atoms with E-state index < -0.39 is 0 Å². The molecule has 18 heavy (non-hydrogen) atoms. The molecule has 0 spiro atoms. The molecular weight excluding hydrogens is 360 g/mol. The van der Waals surface area contributed by atoms with E-state index in [9.17, 15) is 4.79 Å². The van der Waals surface area contributed by atoms with E-state index in [0.29, 0.717) is 5.56 Å². The van der Waals surface area contributed by atoms with Crippen LogP contribution in [0.2, 0.25) is 0 Å². The SMILES string of the molecule is Cc1nn(CC(=O)c2cccc(Br)c2)c(C)c1Br. The van der Waals surface area contributed by atoms with E-state index in [1.54, 1.807) is 4.68 Å².